The van der Waals surface area contributed by atoms with Crippen LogP contribution in [0.3, 0.4) is 0 Å². The van der Waals surface area contributed by atoms with Crippen molar-refractivity contribution in [2.75, 3.05) is 0 Å². The van der Waals surface area contributed by atoms with E-state index >= 15 is 0 Å². The summed E-state index contributed by atoms with van der Waals surface area (Å²) < 4.78 is 79.7. The number of para-hydroxylation sites is 2. The number of fused-ring (bicyclic) bond motifs is 1. The molecule has 3 aromatic carbocycles. The van der Waals surface area contributed by atoms with Crippen molar-refractivity contribution < 1.29 is 26.3 Å². The van der Waals surface area contributed by atoms with Crippen LogP contribution in [0.15, 0.2) is 77.6 Å². The van der Waals surface area contributed by atoms with E-state index < -0.39 is 29.2 Å². The number of benzene rings is 3. The van der Waals surface area contributed by atoms with E-state index in [0.29, 0.717) is 22.2 Å². The van der Waals surface area contributed by atoms with Gasteiger partial charge in [0.1, 0.15) is 0 Å². The van der Waals surface area contributed by atoms with Crippen LogP contribution in [0, 0.1) is 0 Å². The second-order valence-electron chi connectivity index (χ2n) is 7.33. The molecule has 0 atom stereocenters. The van der Waals surface area contributed by atoms with Crippen molar-refractivity contribution in [3.63, 3.8) is 0 Å². The zero-order valence-electron chi connectivity index (χ0n) is 16.4. The third-order valence-corrected chi connectivity index (χ3v) is 5.17. The van der Waals surface area contributed by atoms with Crippen molar-refractivity contribution in [2.45, 2.75) is 25.4 Å². The molecule has 0 amide bonds. The number of aromatic nitrogens is 2. The molecule has 0 N–H and O–H groups in total. The van der Waals surface area contributed by atoms with Gasteiger partial charge in [-0.3, -0.25) is 9.13 Å². The molecule has 4 aromatic rings. The van der Waals surface area contributed by atoms with E-state index in [4.69, 9.17) is 0 Å². The van der Waals surface area contributed by atoms with Crippen LogP contribution >= 0.6 is 0 Å². The molecule has 166 valence electrons. The van der Waals surface area contributed by atoms with Crippen LogP contribution < -0.4 is 5.69 Å². The Kier molecular flexibility index (Phi) is 5.36. The molecule has 3 nitrogen and oxygen atoms in total. The van der Waals surface area contributed by atoms with E-state index in [-0.39, 0.29) is 13.1 Å². The first-order chi connectivity index (χ1) is 15.0. The molecule has 0 aliphatic rings. The van der Waals surface area contributed by atoms with Crippen molar-refractivity contribution in [1.82, 2.24) is 9.13 Å². The largest absolute Gasteiger partial charge is 0.416 e. The molecule has 0 aliphatic heterocycles. The molecule has 0 saturated heterocycles. The van der Waals surface area contributed by atoms with Crippen LogP contribution in [0.2, 0.25) is 0 Å². The van der Waals surface area contributed by atoms with E-state index in [1.54, 1.807) is 24.3 Å². The molecule has 0 aliphatic carbocycles. The molecular formula is C23H16F6N2O. The fraction of sp³-hybridized carbons (Fsp3) is 0.174. The molecular weight excluding hydrogens is 434 g/mol. The van der Waals surface area contributed by atoms with Crippen LogP contribution in [0.1, 0.15) is 22.3 Å². The Labute approximate surface area is 178 Å². The van der Waals surface area contributed by atoms with Gasteiger partial charge in [0, 0.05) is 0 Å². The number of hydrogen-bond acceptors (Lipinski definition) is 1. The minimum Gasteiger partial charge on any atom is -0.287 e. The lowest BCUT2D eigenvalue weighted by Gasteiger charge is -2.09. The lowest BCUT2D eigenvalue weighted by molar-refractivity contribution is -0.138. The number of nitrogens with zero attached hydrogens (tertiary/aromatic N) is 2. The zero-order valence-corrected chi connectivity index (χ0v) is 16.4. The lowest BCUT2D eigenvalue weighted by atomic mass is 10.1. The number of alkyl halides is 6. The second kappa shape index (κ2) is 7.89. The topological polar surface area (TPSA) is 26.9 Å². The summed E-state index contributed by atoms with van der Waals surface area (Å²) in [6.45, 7) is 0.106. The first-order valence-electron chi connectivity index (χ1n) is 9.54. The van der Waals surface area contributed by atoms with Gasteiger partial charge in [0.15, 0.2) is 0 Å². The zero-order chi connectivity index (χ0) is 23.1. The summed E-state index contributed by atoms with van der Waals surface area (Å²) in [6, 6.07) is 16.0. The van der Waals surface area contributed by atoms with Gasteiger partial charge in [-0.25, -0.2) is 4.79 Å². The maximum absolute atomic E-state index is 13.1. The van der Waals surface area contributed by atoms with Crippen LogP contribution in [-0.2, 0) is 25.4 Å². The fourth-order valence-electron chi connectivity index (χ4n) is 3.54. The van der Waals surface area contributed by atoms with Gasteiger partial charge in [0.25, 0.3) is 0 Å². The predicted octanol–water partition coefficient (Wildman–Crippen LogP) is 5.94. The normalized spacial score (nSPS) is 12.4. The SMILES string of the molecule is O=c1n(Cc2ccc(C(F)(F)F)cc2)c2ccccc2n1Cc1ccc(C(F)(F)F)cc1. The Balaban J connectivity index is 1.69. The number of halogens is 6. The molecule has 0 fully saturated rings. The van der Waals surface area contributed by atoms with Crippen molar-refractivity contribution in [1.29, 1.82) is 0 Å². The molecule has 1 heterocycles. The van der Waals surface area contributed by atoms with Gasteiger partial charge in [0.2, 0.25) is 0 Å². The maximum atomic E-state index is 13.1. The van der Waals surface area contributed by atoms with Gasteiger partial charge >= 0.3 is 18.0 Å². The van der Waals surface area contributed by atoms with E-state index in [1.807, 2.05) is 0 Å². The molecule has 4 rings (SSSR count). The van der Waals surface area contributed by atoms with E-state index in [0.717, 1.165) is 24.3 Å². The maximum Gasteiger partial charge on any atom is 0.416 e. The van der Waals surface area contributed by atoms with Crippen LogP contribution in [-0.4, -0.2) is 9.13 Å². The molecule has 0 spiro atoms. The predicted molar refractivity (Wildman–Crippen MR) is 107 cm³/mol. The van der Waals surface area contributed by atoms with E-state index in [2.05, 4.69) is 0 Å². The Bertz CT molecular complexity index is 1200. The molecule has 0 saturated carbocycles. The van der Waals surface area contributed by atoms with Crippen molar-refractivity contribution in [3.8, 4) is 0 Å². The quantitative estimate of drug-likeness (QED) is 0.354. The second-order valence-corrected chi connectivity index (χ2v) is 7.33. The molecule has 0 radical (unpaired) electrons. The molecule has 1 aromatic heterocycles. The Morgan fingerprint density at radius 1 is 0.562 bits per heavy atom. The Morgan fingerprint density at radius 3 is 1.22 bits per heavy atom. The average Bonchev–Trinajstić information content (AvgIpc) is 2.99. The van der Waals surface area contributed by atoms with Crippen molar-refractivity contribution >= 4 is 11.0 Å². The molecule has 0 unspecified atom stereocenters. The lowest BCUT2D eigenvalue weighted by Crippen LogP contribution is -2.25. The van der Waals surface area contributed by atoms with Gasteiger partial charge in [-0.1, -0.05) is 36.4 Å². The Morgan fingerprint density at radius 2 is 0.906 bits per heavy atom. The van der Waals surface area contributed by atoms with E-state index in [9.17, 15) is 31.1 Å². The number of rotatable bonds is 4. The number of imidazole rings is 1. The van der Waals surface area contributed by atoms with Crippen LogP contribution in [0.5, 0.6) is 0 Å². The van der Waals surface area contributed by atoms with Gasteiger partial charge in [0.05, 0.1) is 35.2 Å². The van der Waals surface area contributed by atoms with Gasteiger partial charge in [-0.15, -0.1) is 0 Å². The number of hydrogen-bond donors (Lipinski definition) is 0. The highest BCUT2D eigenvalue weighted by atomic mass is 19.4. The first kappa shape index (κ1) is 21.7. The molecule has 32 heavy (non-hydrogen) atoms. The molecule has 9 heteroatoms. The Hall–Kier alpha value is -3.49. The highest BCUT2D eigenvalue weighted by molar-refractivity contribution is 5.76. The highest BCUT2D eigenvalue weighted by Crippen LogP contribution is 2.30. The summed E-state index contributed by atoms with van der Waals surface area (Å²) in [4.78, 5) is 13.1. The summed E-state index contributed by atoms with van der Waals surface area (Å²) in [6.07, 6.45) is -8.90. The van der Waals surface area contributed by atoms with Crippen molar-refractivity contribution in [2.24, 2.45) is 0 Å². The average molecular weight is 450 g/mol. The summed E-state index contributed by atoms with van der Waals surface area (Å²) in [5.41, 5.74) is 0.200. The van der Waals surface area contributed by atoms with Crippen LogP contribution in [0.25, 0.3) is 11.0 Å². The monoisotopic (exact) mass is 450 g/mol. The molecule has 0 bridgehead atoms. The van der Waals surface area contributed by atoms with Gasteiger partial charge in [-0.2, -0.15) is 26.3 Å². The third-order valence-electron chi connectivity index (χ3n) is 5.17. The summed E-state index contributed by atoms with van der Waals surface area (Å²) in [5.74, 6) is 0. The summed E-state index contributed by atoms with van der Waals surface area (Å²) in [7, 11) is 0. The van der Waals surface area contributed by atoms with E-state index in [1.165, 1.54) is 33.4 Å². The minimum absolute atomic E-state index is 0.0531. The fourth-order valence-corrected chi connectivity index (χ4v) is 3.54. The van der Waals surface area contributed by atoms with Crippen molar-refractivity contribution in [3.05, 3.63) is 106 Å². The van der Waals surface area contributed by atoms with Crippen LogP contribution in [0.4, 0.5) is 26.3 Å². The smallest absolute Gasteiger partial charge is 0.287 e. The first-order valence-corrected chi connectivity index (χ1v) is 9.54. The summed E-state index contributed by atoms with van der Waals surface area (Å²) in [5, 5.41) is 0. The van der Waals surface area contributed by atoms with Gasteiger partial charge < -0.3 is 0 Å². The summed E-state index contributed by atoms with van der Waals surface area (Å²) >= 11 is 0. The standard InChI is InChI=1S/C23H16F6N2O/c24-22(25,26)17-9-5-15(6-10-17)13-30-19-3-1-2-4-20(19)31(21(30)32)14-16-7-11-18(12-8-16)23(27,28)29/h1-12H,13-14H2. The minimum atomic E-state index is -4.45. The highest BCUT2D eigenvalue weighted by Gasteiger charge is 2.30. The van der Waals surface area contributed by atoms with Gasteiger partial charge in [-0.05, 0) is 47.5 Å². The third kappa shape index (κ3) is 4.28.